The molecule has 0 aromatic rings. The second kappa shape index (κ2) is 6.73. The second-order valence-electron chi connectivity index (χ2n) is 7.68. The Hall–Kier alpha value is -0.160. The molecule has 4 nitrogen and oxygen atoms in total. The van der Waals surface area contributed by atoms with Crippen molar-refractivity contribution in [3.63, 3.8) is 0 Å². The van der Waals surface area contributed by atoms with Crippen molar-refractivity contribution in [1.82, 2.24) is 15.1 Å². The van der Waals surface area contributed by atoms with Crippen molar-refractivity contribution in [2.75, 3.05) is 39.8 Å². The summed E-state index contributed by atoms with van der Waals surface area (Å²) in [7, 11) is 2.22. The Balaban J connectivity index is 1.68. The molecule has 0 saturated carbocycles. The summed E-state index contributed by atoms with van der Waals surface area (Å²) in [5, 5.41) is 3.56. The van der Waals surface area contributed by atoms with Gasteiger partial charge < -0.3 is 15.0 Å². The van der Waals surface area contributed by atoms with Gasteiger partial charge in [-0.15, -0.1) is 0 Å². The zero-order chi connectivity index (χ0) is 14.8. The van der Waals surface area contributed by atoms with Crippen molar-refractivity contribution in [3.05, 3.63) is 0 Å². The van der Waals surface area contributed by atoms with Gasteiger partial charge in [-0.25, -0.2) is 0 Å². The molecule has 2 fully saturated rings. The predicted octanol–water partition coefficient (Wildman–Crippen LogP) is 1.56. The fourth-order valence-corrected chi connectivity index (χ4v) is 3.06. The molecule has 0 bridgehead atoms. The standard InChI is InChI=1S/C16H33N3O/c1-13-11-19(9-8-18(13)5)12-15-7-6-14(20-15)10-17-16(2,3)4/h13-15,17H,6-12H2,1-5H3. The summed E-state index contributed by atoms with van der Waals surface area (Å²) in [6.45, 7) is 14.6. The third kappa shape index (κ3) is 4.99. The third-order valence-electron chi connectivity index (χ3n) is 4.56. The van der Waals surface area contributed by atoms with E-state index in [1.54, 1.807) is 0 Å². The maximum absolute atomic E-state index is 6.20. The number of hydrogen-bond donors (Lipinski definition) is 1. The minimum absolute atomic E-state index is 0.189. The van der Waals surface area contributed by atoms with Crippen molar-refractivity contribution >= 4 is 0 Å². The molecule has 2 heterocycles. The van der Waals surface area contributed by atoms with Gasteiger partial charge in [0.15, 0.2) is 0 Å². The highest BCUT2D eigenvalue weighted by Gasteiger charge is 2.29. The Kier molecular flexibility index (Phi) is 5.46. The van der Waals surface area contributed by atoms with Gasteiger partial charge in [0.05, 0.1) is 12.2 Å². The molecule has 0 aliphatic carbocycles. The Morgan fingerprint density at radius 1 is 1.15 bits per heavy atom. The molecule has 0 spiro atoms. The Bertz CT molecular complexity index is 303. The fourth-order valence-electron chi connectivity index (χ4n) is 3.06. The van der Waals surface area contributed by atoms with E-state index in [0.717, 1.165) is 13.1 Å². The van der Waals surface area contributed by atoms with Gasteiger partial charge in [-0.2, -0.15) is 0 Å². The van der Waals surface area contributed by atoms with Crippen LogP contribution in [0, 0.1) is 0 Å². The minimum Gasteiger partial charge on any atom is -0.372 e. The van der Waals surface area contributed by atoms with Crippen molar-refractivity contribution in [2.24, 2.45) is 0 Å². The van der Waals surface area contributed by atoms with E-state index in [4.69, 9.17) is 4.74 Å². The number of likely N-dealkylation sites (N-methyl/N-ethyl adjacent to an activating group) is 1. The number of hydrogen-bond acceptors (Lipinski definition) is 4. The highest BCUT2D eigenvalue weighted by atomic mass is 16.5. The number of rotatable bonds is 4. The van der Waals surface area contributed by atoms with Crippen LogP contribution >= 0.6 is 0 Å². The summed E-state index contributed by atoms with van der Waals surface area (Å²) >= 11 is 0. The third-order valence-corrected chi connectivity index (χ3v) is 4.56. The predicted molar refractivity (Wildman–Crippen MR) is 84.2 cm³/mol. The summed E-state index contributed by atoms with van der Waals surface area (Å²) in [5.41, 5.74) is 0.189. The van der Waals surface area contributed by atoms with Gasteiger partial charge >= 0.3 is 0 Å². The zero-order valence-corrected chi connectivity index (χ0v) is 14.0. The normalized spacial score (nSPS) is 33.8. The van der Waals surface area contributed by atoms with Crippen LogP contribution in [0.15, 0.2) is 0 Å². The first-order chi connectivity index (χ1) is 9.33. The van der Waals surface area contributed by atoms with Crippen molar-refractivity contribution in [2.45, 2.75) is 64.3 Å². The average molecular weight is 283 g/mol. The molecule has 4 heteroatoms. The molecule has 2 saturated heterocycles. The molecule has 3 atom stereocenters. The van der Waals surface area contributed by atoms with Crippen LogP contribution in [-0.4, -0.2) is 73.4 Å². The smallest absolute Gasteiger partial charge is 0.0707 e. The molecule has 2 aliphatic rings. The molecule has 20 heavy (non-hydrogen) atoms. The highest BCUT2D eigenvalue weighted by molar-refractivity contribution is 4.83. The first-order valence-electron chi connectivity index (χ1n) is 8.16. The van der Waals surface area contributed by atoms with Crippen LogP contribution in [-0.2, 0) is 4.74 Å². The van der Waals surface area contributed by atoms with E-state index in [2.05, 4.69) is 49.9 Å². The quantitative estimate of drug-likeness (QED) is 0.847. The van der Waals surface area contributed by atoms with Gasteiger partial charge in [-0.3, -0.25) is 4.90 Å². The molecular formula is C16H33N3O. The number of nitrogens with one attached hydrogen (secondary N) is 1. The van der Waals surface area contributed by atoms with Crippen molar-refractivity contribution in [1.29, 1.82) is 0 Å². The monoisotopic (exact) mass is 283 g/mol. The van der Waals surface area contributed by atoms with Crippen LogP contribution in [0.1, 0.15) is 40.5 Å². The topological polar surface area (TPSA) is 27.7 Å². The molecule has 1 N–H and O–H groups in total. The lowest BCUT2D eigenvalue weighted by Gasteiger charge is -2.38. The summed E-state index contributed by atoms with van der Waals surface area (Å²) in [6.07, 6.45) is 3.27. The molecular weight excluding hydrogens is 250 g/mol. The number of ether oxygens (including phenoxy) is 1. The van der Waals surface area contributed by atoms with Crippen LogP contribution in [0.2, 0.25) is 0 Å². The molecule has 0 radical (unpaired) electrons. The highest BCUT2D eigenvalue weighted by Crippen LogP contribution is 2.21. The summed E-state index contributed by atoms with van der Waals surface area (Å²) in [4.78, 5) is 5.02. The van der Waals surface area contributed by atoms with E-state index in [0.29, 0.717) is 18.2 Å². The Morgan fingerprint density at radius 3 is 2.50 bits per heavy atom. The number of nitrogens with zero attached hydrogens (tertiary/aromatic N) is 2. The molecule has 3 unspecified atom stereocenters. The van der Waals surface area contributed by atoms with Crippen molar-refractivity contribution < 1.29 is 4.74 Å². The second-order valence-corrected chi connectivity index (χ2v) is 7.68. The zero-order valence-electron chi connectivity index (χ0n) is 14.0. The van der Waals surface area contributed by atoms with E-state index >= 15 is 0 Å². The molecule has 2 rings (SSSR count). The lowest BCUT2D eigenvalue weighted by atomic mass is 10.1. The van der Waals surface area contributed by atoms with Crippen LogP contribution in [0.25, 0.3) is 0 Å². The van der Waals surface area contributed by atoms with E-state index < -0.39 is 0 Å². The molecule has 118 valence electrons. The first kappa shape index (κ1) is 16.2. The van der Waals surface area contributed by atoms with Crippen LogP contribution in [0.4, 0.5) is 0 Å². The van der Waals surface area contributed by atoms with E-state index in [9.17, 15) is 0 Å². The van der Waals surface area contributed by atoms with Gasteiger partial charge in [0, 0.05) is 44.3 Å². The molecule has 0 aromatic carbocycles. The lowest BCUT2D eigenvalue weighted by molar-refractivity contribution is 0.00536. The van der Waals surface area contributed by atoms with E-state index in [1.165, 1.54) is 32.5 Å². The van der Waals surface area contributed by atoms with Crippen molar-refractivity contribution in [3.8, 4) is 0 Å². The Labute approximate surface area is 124 Å². The average Bonchev–Trinajstić information content (AvgIpc) is 2.78. The first-order valence-corrected chi connectivity index (χ1v) is 8.16. The van der Waals surface area contributed by atoms with Gasteiger partial charge in [0.1, 0.15) is 0 Å². The largest absolute Gasteiger partial charge is 0.372 e. The van der Waals surface area contributed by atoms with E-state index in [-0.39, 0.29) is 5.54 Å². The molecule has 2 aliphatic heterocycles. The summed E-state index contributed by atoms with van der Waals surface area (Å²) in [6, 6.07) is 0.670. The maximum atomic E-state index is 6.20. The van der Waals surface area contributed by atoms with Crippen LogP contribution < -0.4 is 5.32 Å². The minimum atomic E-state index is 0.189. The fraction of sp³-hybridized carbons (Fsp3) is 1.00. The lowest BCUT2D eigenvalue weighted by Crippen LogP contribution is -2.51. The molecule has 0 aromatic heterocycles. The number of piperazine rings is 1. The van der Waals surface area contributed by atoms with Crippen LogP contribution in [0.5, 0.6) is 0 Å². The maximum Gasteiger partial charge on any atom is 0.0707 e. The SMILES string of the molecule is CC1CN(CC2CCC(CNC(C)(C)C)O2)CCN1C. The summed E-state index contributed by atoms with van der Waals surface area (Å²) in [5.74, 6) is 0. The van der Waals surface area contributed by atoms with Gasteiger partial charge in [0.2, 0.25) is 0 Å². The summed E-state index contributed by atoms with van der Waals surface area (Å²) < 4.78 is 6.20. The van der Waals surface area contributed by atoms with Gasteiger partial charge in [-0.05, 0) is 47.6 Å². The Morgan fingerprint density at radius 2 is 1.85 bits per heavy atom. The van der Waals surface area contributed by atoms with Gasteiger partial charge in [0.25, 0.3) is 0 Å². The van der Waals surface area contributed by atoms with E-state index in [1.807, 2.05) is 0 Å². The van der Waals surface area contributed by atoms with Crippen LogP contribution in [0.3, 0.4) is 0 Å². The molecule has 0 amide bonds. The van der Waals surface area contributed by atoms with Gasteiger partial charge in [-0.1, -0.05) is 0 Å².